The van der Waals surface area contributed by atoms with E-state index in [4.69, 9.17) is 10.5 Å². The fourth-order valence-corrected chi connectivity index (χ4v) is 3.20. The summed E-state index contributed by atoms with van der Waals surface area (Å²) in [7, 11) is 0. The lowest BCUT2D eigenvalue weighted by molar-refractivity contribution is -0.137. The van der Waals surface area contributed by atoms with Crippen LogP contribution in [0.25, 0.3) is 22.5 Å². The van der Waals surface area contributed by atoms with Crippen molar-refractivity contribution in [3.05, 3.63) is 89.9 Å². The summed E-state index contributed by atoms with van der Waals surface area (Å²) >= 11 is 0. The number of carbonyl (C=O) groups excluding carboxylic acids is 1. The molecule has 4 aromatic rings. The van der Waals surface area contributed by atoms with Crippen LogP contribution in [-0.4, -0.2) is 27.2 Å². The molecule has 0 saturated heterocycles. The van der Waals surface area contributed by atoms with Crippen molar-refractivity contribution in [3.63, 3.8) is 0 Å². The molecule has 6 nitrogen and oxygen atoms in total. The molecule has 0 radical (unpaired) electrons. The van der Waals surface area contributed by atoms with E-state index in [1.165, 1.54) is 18.2 Å². The van der Waals surface area contributed by atoms with Crippen LogP contribution in [0.2, 0.25) is 0 Å². The average Bonchev–Trinajstić information content (AvgIpc) is 3.08. The summed E-state index contributed by atoms with van der Waals surface area (Å²) in [5.74, 6) is -0.521. The summed E-state index contributed by atoms with van der Waals surface area (Å²) in [4.78, 5) is 16.5. The smallest absolute Gasteiger partial charge is 0.331 e. The number of carbonyl (C=O) groups is 1. The minimum atomic E-state index is -0.456. The van der Waals surface area contributed by atoms with Crippen LogP contribution in [0, 0.1) is 5.82 Å². The number of nitrogen functional groups attached to an aromatic ring is 1. The monoisotopic (exact) mass is 402 g/mol. The normalized spacial score (nSPS) is 11.6. The van der Waals surface area contributed by atoms with Crippen molar-refractivity contribution in [2.75, 3.05) is 12.3 Å². The Hall–Kier alpha value is -4.00. The van der Waals surface area contributed by atoms with Gasteiger partial charge in [-0.05, 0) is 48.9 Å². The summed E-state index contributed by atoms with van der Waals surface area (Å²) in [6.45, 7) is 2.03. The van der Waals surface area contributed by atoms with E-state index in [1.54, 1.807) is 35.7 Å². The molecule has 0 aliphatic rings. The van der Waals surface area contributed by atoms with Gasteiger partial charge in [-0.2, -0.15) is 5.10 Å². The van der Waals surface area contributed by atoms with Crippen molar-refractivity contribution in [1.82, 2.24) is 14.6 Å². The molecule has 30 heavy (non-hydrogen) atoms. The molecule has 0 fully saturated rings. The third-order valence-corrected chi connectivity index (χ3v) is 4.53. The van der Waals surface area contributed by atoms with E-state index in [2.05, 4.69) is 10.1 Å². The first-order chi connectivity index (χ1) is 14.6. The van der Waals surface area contributed by atoms with Crippen molar-refractivity contribution in [3.8, 4) is 11.3 Å². The third-order valence-electron chi connectivity index (χ3n) is 4.53. The highest BCUT2D eigenvalue weighted by Gasteiger charge is 2.16. The van der Waals surface area contributed by atoms with E-state index in [0.29, 0.717) is 28.2 Å². The number of imidazole rings is 1. The number of nitrogens with zero attached hydrogens (tertiary/aromatic N) is 3. The van der Waals surface area contributed by atoms with Crippen molar-refractivity contribution < 1.29 is 13.9 Å². The quantitative estimate of drug-likeness (QED) is 0.401. The number of halogens is 1. The molecule has 0 saturated carbocycles. The molecule has 0 atom stereocenters. The Morgan fingerprint density at radius 2 is 1.83 bits per heavy atom. The van der Waals surface area contributed by atoms with Crippen LogP contribution >= 0.6 is 0 Å². The molecule has 150 valence electrons. The van der Waals surface area contributed by atoms with Gasteiger partial charge in [0, 0.05) is 17.2 Å². The van der Waals surface area contributed by atoms with Crippen molar-refractivity contribution in [2.45, 2.75) is 6.92 Å². The fourth-order valence-electron chi connectivity index (χ4n) is 3.20. The van der Waals surface area contributed by atoms with Gasteiger partial charge in [-0.1, -0.05) is 30.3 Å². The first kappa shape index (κ1) is 19.3. The van der Waals surface area contributed by atoms with E-state index in [1.807, 2.05) is 30.3 Å². The van der Waals surface area contributed by atoms with Crippen LogP contribution in [-0.2, 0) is 9.53 Å². The second-order valence-electron chi connectivity index (χ2n) is 6.52. The molecule has 2 heterocycles. The van der Waals surface area contributed by atoms with Crippen LogP contribution in [0.4, 0.5) is 10.2 Å². The summed E-state index contributed by atoms with van der Waals surface area (Å²) < 4.78 is 20.1. The minimum absolute atomic E-state index is 0.274. The Labute approximate surface area is 172 Å². The zero-order valence-corrected chi connectivity index (χ0v) is 16.2. The highest BCUT2D eigenvalue weighted by Crippen LogP contribution is 2.28. The summed E-state index contributed by atoms with van der Waals surface area (Å²) in [5, 5.41) is 4.69. The Morgan fingerprint density at radius 1 is 1.10 bits per heavy atom. The van der Waals surface area contributed by atoms with Gasteiger partial charge in [0.1, 0.15) is 11.5 Å². The number of esters is 1. The first-order valence-corrected chi connectivity index (χ1v) is 9.42. The van der Waals surface area contributed by atoms with Gasteiger partial charge in [-0.15, -0.1) is 0 Å². The van der Waals surface area contributed by atoms with Gasteiger partial charge in [0.15, 0.2) is 11.5 Å². The number of rotatable bonds is 5. The highest BCUT2D eigenvalue weighted by atomic mass is 19.1. The summed E-state index contributed by atoms with van der Waals surface area (Å²) in [5.41, 5.74) is 9.86. The van der Waals surface area contributed by atoms with Crippen LogP contribution in [0.15, 0.2) is 72.8 Å². The molecule has 0 aliphatic heterocycles. The third kappa shape index (κ3) is 3.77. The number of ether oxygens (including phenoxy) is 1. The maximum atomic E-state index is 13.4. The fraction of sp³-hybridized carbons (Fsp3) is 0.0870. The summed E-state index contributed by atoms with van der Waals surface area (Å²) in [6, 6.07) is 18.9. The van der Waals surface area contributed by atoms with Crippen LogP contribution in [0.3, 0.4) is 0 Å². The predicted octanol–water partition coefficient (Wildman–Crippen LogP) is 4.11. The van der Waals surface area contributed by atoms with Crippen molar-refractivity contribution in [1.29, 1.82) is 0 Å². The second kappa shape index (κ2) is 8.16. The maximum Gasteiger partial charge on any atom is 0.331 e. The molecule has 0 amide bonds. The molecule has 0 unspecified atom stereocenters. The molecule has 0 aliphatic carbocycles. The zero-order chi connectivity index (χ0) is 21.1. The van der Waals surface area contributed by atoms with E-state index in [-0.39, 0.29) is 18.2 Å². The molecule has 0 bridgehead atoms. The van der Waals surface area contributed by atoms with Crippen molar-refractivity contribution >= 4 is 23.0 Å². The van der Waals surface area contributed by atoms with Crippen LogP contribution in [0.1, 0.15) is 18.2 Å². The molecular formula is C23H19FN4O2. The SMILES string of the molecule is CCOC(=O)/C=C(/c1ccccc1)c1ccc2nc(N)c(-c3ccc(F)cc3)n2n1. The minimum Gasteiger partial charge on any atom is -0.463 e. The van der Waals surface area contributed by atoms with Gasteiger partial charge < -0.3 is 10.5 Å². The first-order valence-electron chi connectivity index (χ1n) is 9.42. The van der Waals surface area contributed by atoms with Gasteiger partial charge in [0.05, 0.1) is 12.3 Å². The van der Waals surface area contributed by atoms with Gasteiger partial charge in [0.2, 0.25) is 0 Å². The lowest BCUT2D eigenvalue weighted by atomic mass is 10.0. The van der Waals surface area contributed by atoms with E-state index < -0.39 is 5.97 Å². The molecular weight excluding hydrogens is 383 g/mol. The number of fused-ring (bicyclic) bond motifs is 1. The zero-order valence-electron chi connectivity index (χ0n) is 16.2. The second-order valence-corrected chi connectivity index (χ2v) is 6.52. The van der Waals surface area contributed by atoms with Crippen LogP contribution < -0.4 is 5.73 Å². The lowest BCUT2D eigenvalue weighted by Crippen LogP contribution is -2.05. The van der Waals surface area contributed by atoms with E-state index >= 15 is 0 Å². The van der Waals surface area contributed by atoms with Gasteiger partial charge in [-0.25, -0.2) is 18.7 Å². The molecule has 0 spiro atoms. The van der Waals surface area contributed by atoms with Crippen LogP contribution in [0.5, 0.6) is 0 Å². The van der Waals surface area contributed by atoms with Gasteiger partial charge >= 0.3 is 5.97 Å². The topological polar surface area (TPSA) is 82.5 Å². The Kier molecular flexibility index (Phi) is 5.26. The van der Waals surface area contributed by atoms with E-state index in [9.17, 15) is 9.18 Å². The number of aromatic nitrogens is 3. The Bertz CT molecular complexity index is 1230. The molecule has 7 heteroatoms. The lowest BCUT2D eigenvalue weighted by Gasteiger charge is -2.09. The van der Waals surface area contributed by atoms with Gasteiger partial charge in [-0.3, -0.25) is 0 Å². The molecule has 2 aromatic heterocycles. The molecule has 2 aromatic carbocycles. The predicted molar refractivity (Wildman–Crippen MR) is 113 cm³/mol. The van der Waals surface area contributed by atoms with E-state index in [0.717, 1.165) is 5.56 Å². The number of hydrogen-bond donors (Lipinski definition) is 1. The number of hydrogen-bond acceptors (Lipinski definition) is 5. The standard InChI is InChI=1S/C23H19FN4O2/c1-2-30-21(29)14-18(15-6-4-3-5-7-15)19-12-13-20-26-23(25)22(28(20)27-19)16-8-10-17(24)11-9-16/h3-14H,2,25H2,1H3/b18-14-. The average molecular weight is 402 g/mol. The largest absolute Gasteiger partial charge is 0.463 e. The molecule has 2 N–H and O–H groups in total. The molecule has 4 rings (SSSR count). The number of nitrogens with two attached hydrogens (primary N) is 1. The summed E-state index contributed by atoms with van der Waals surface area (Å²) in [6.07, 6.45) is 1.42. The highest BCUT2D eigenvalue weighted by molar-refractivity contribution is 5.95. The van der Waals surface area contributed by atoms with Gasteiger partial charge in [0.25, 0.3) is 0 Å². The Balaban J connectivity index is 1.89. The van der Waals surface area contributed by atoms with Crippen molar-refractivity contribution in [2.24, 2.45) is 0 Å². The number of anilines is 1. The Morgan fingerprint density at radius 3 is 2.53 bits per heavy atom. The number of benzene rings is 2. The maximum absolute atomic E-state index is 13.4.